The van der Waals surface area contributed by atoms with E-state index in [4.69, 9.17) is 0 Å². The molecule has 0 radical (unpaired) electrons. The molecule has 0 aliphatic rings. The van der Waals surface area contributed by atoms with E-state index < -0.39 is 5.97 Å². The number of aromatic nitrogens is 1. The van der Waals surface area contributed by atoms with Crippen LogP contribution in [-0.4, -0.2) is 11.0 Å². The van der Waals surface area contributed by atoms with Gasteiger partial charge in [-0.25, -0.2) is 0 Å². The maximum Gasteiger partial charge on any atom is 0.0459 e. The lowest BCUT2D eigenvalue weighted by atomic mass is 10.1. The van der Waals surface area contributed by atoms with Crippen molar-refractivity contribution < 1.29 is 9.90 Å². The predicted molar refractivity (Wildman–Crippen MR) is 56.5 cm³/mol. The van der Waals surface area contributed by atoms with E-state index in [-0.39, 0.29) is 6.42 Å². The molecule has 1 aromatic carbocycles. The lowest BCUT2D eigenvalue weighted by molar-refractivity contribution is -0.304. The van der Waals surface area contributed by atoms with Crippen LogP contribution in [0.25, 0.3) is 10.9 Å². The number of carboxylic acids is 1. The highest BCUT2D eigenvalue weighted by Gasteiger charge is 2.08. The van der Waals surface area contributed by atoms with E-state index in [0.717, 1.165) is 27.7 Å². The Balaban J connectivity index is 2.65. The number of aliphatic carboxylic acids is 1. The summed E-state index contributed by atoms with van der Waals surface area (Å²) in [6.07, 6.45) is -0.0325. The van der Waals surface area contributed by atoms with Gasteiger partial charge in [-0.05, 0) is 31.5 Å². The topological polar surface area (TPSA) is 55.9 Å². The van der Waals surface area contributed by atoms with Crippen molar-refractivity contribution in [2.24, 2.45) is 0 Å². The minimum Gasteiger partial charge on any atom is -0.550 e. The number of carbonyl (C=O) groups excluding carboxylic acids is 1. The highest BCUT2D eigenvalue weighted by atomic mass is 16.4. The second kappa shape index (κ2) is 3.42. The summed E-state index contributed by atoms with van der Waals surface area (Å²) in [6, 6.07) is 5.97. The van der Waals surface area contributed by atoms with Gasteiger partial charge in [0.1, 0.15) is 0 Å². The molecular weight excluding hydrogens is 190 g/mol. The van der Waals surface area contributed by atoms with Crippen LogP contribution in [-0.2, 0) is 11.2 Å². The molecule has 3 heteroatoms. The molecule has 2 rings (SSSR count). The Morgan fingerprint density at radius 1 is 1.40 bits per heavy atom. The maximum absolute atomic E-state index is 10.6. The summed E-state index contributed by atoms with van der Waals surface area (Å²) in [6.45, 7) is 3.87. The molecule has 0 aliphatic carbocycles. The number of aryl methyl sites for hydroxylation is 2. The van der Waals surface area contributed by atoms with Gasteiger partial charge >= 0.3 is 0 Å². The fourth-order valence-electron chi connectivity index (χ4n) is 1.87. The molecule has 1 N–H and O–H groups in total. The van der Waals surface area contributed by atoms with Gasteiger partial charge in [-0.1, -0.05) is 11.6 Å². The third kappa shape index (κ3) is 1.73. The molecule has 15 heavy (non-hydrogen) atoms. The maximum atomic E-state index is 10.6. The van der Waals surface area contributed by atoms with Crippen LogP contribution in [0.1, 0.15) is 16.8 Å². The standard InChI is InChI=1S/C12H13NO2/c1-7-3-4-11-10(5-7)9(6-12(14)15)8(2)13-11/h3-5,13H,6H2,1-2H3,(H,14,15)/p-1. The molecule has 2 aromatic rings. The summed E-state index contributed by atoms with van der Waals surface area (Å²) in [7, 11) is 0. The van der Waals surface area contributed by atoms with Gasteiger partial charge in [0.25, 0.3) is 0 Å². The molecule has 3 nitrogen and oxygen atoms in total. The third-order valence-corrected chi connectivity index (χ3v) is 2.60. The van der Waals surface area contributed by atoms with Crippen LogP contribution in [0, 0.1) is 13.8 Å². The summed E-state index contributed by atoms with van der Waals surface area (Å²) >= 11 is 0. The van der Waals surface area contributed by atoms with Crippen molar-refractivity contribution in [2.45, 2.75) is 20.3 Å². The summed E-state index contributed by atoms with van der Waals surface area (Å²) in [4.78, 5) is 13.8. The van der Waals surface area contributed by atoms with E-state index in [2.05, 4.69) is 4.98 Å². The number of hydrogen-bond donors (Lipinski definition) is 1. The Kier molecular flexibility index (Phi) is 2.23. The molecule has 0 unspecified atom stereocenters. The Morgan fingerprint density at radius 3 is 2.80 bits per heavy atom. The van der Waals surface area contributed by atoms with Gasteiger partial charge < -0.3 is 14.9 Å². The molecule has 0 fully saturated rings. The molecule has 0 spiro atoms. The van der Waals surface area contributed by atoms with E-state index in [1.54, 1.807) is 0 Å². The molecule has 1 aromatic heterocycles. The Bertz CT molecular complexity index is 526. The van der Waals surface area contributed by atoms with Gasteiger partial charge in [0.05, 0.1) is 0 Å². The number of carboxylic acid groups (broad SMARTS) is 1. The number of rotatable bonds is 2. The van der Waals surface area contributed by atoms with Crippen LogP contribution in [0.15, 0.2) is 18.2 Å². The zero-order valence-electron chi connectivity index (χ0n) is 8.76. The molecule has 1 heterocycles. The minimum absolute atomic E-state index is 0.0325. The molecule has 0 atom stereocenters. The number of carbonyl (C=O) groups is 1. The van der Waals surface area contributed by atoms with Crippen molar-refractivity contribution in [3.63, 3.8) is 0 Å². The van der Waals surface area contributed by atoms with Gasteiger partial charge in [0.2, 0.25) is 0 Å². The summed E-state index contributed by atoms with van der Waals surface area (Å²) in [5.74, 6) is -1.04. The summed E-state index contributed by atoms with van der Waals surface area (Å²) < 4.78 is 0. The largest absolute Gasteiger partial charge is 0.550 e. The van der Waals surface area contributed by atoms with Gasteiger partial charge in [-0.15, -0.1) is 0 Å². The fraction of sp³-hybridized carbons (Fsp3) is 0.250. The smallest absolute Gasteiger partial charge is 0.0459 e. The van der Waals surface area contributed by atoms with E-state index in [1.165, 1.54) is 0 Å². The summed E-state index contributed by atoms with van der Waals surface area (Å²) in [5.41, 5.74) is 3.84. The van der Waals surface area contributed by atoms with E-state index in [9.17, 15) is 9.90 Å². The molecular formula is C12H12NO2-. The first kappa shape index (κ1) is 9.77. The highest BCUT2D eigenvalue weighted by Crippen LogP contribution is 2.23. The monoisotopic (exact) mass is 202 g/mol. The van der Waals surface area contributed by atoms with Crippen LogP contribution < -0.4 is 5.11 Å². The second-order valence-corrected chi connectivity index (χ2v) is 3.83. The van der Waals surface area contributed by atoms with E-state index in [0.29, 0.717) is 0 Å². The third-order valence-electron chi connectivity index (χ3n) is 2.60. The SMILES string of the molecule is Cc1ccc2[nH]c(C)c(CC(=O)[O-])c2c1. The molecule has 0 saturated heterocycles. The van der Waals surface area contributed by atoms with Crippen LogP contribution in [0.3, 0.4) is 0 Å². The fourth-order valence-corrected chi connectivity index (χ4v) is 1.87. The average molecular weight is 202 g/mol. The predicted octanol–water partition coefficient (Wildman–Crippen LogP) is 1.08. The Hall–Kier alpha value is -1.77. The first-order chi connectivity index (χ1) is 7.08. The van der Waals surface area contributed by atoms with E-state index >= 15 is 0 Å². The zero-order valence-corrected chi connectivity index (χ0v) is 8.76. The lowest BCUT2D eigenvalue weighted by Crippen LogP contribution is -2.24. The van der Waals surface area contributed by atoms with Gasteiger partial charge in [0, 0.05) is 29.0 Å². The highest BCUT2D eigenvalue weighted by molar-refractivity contribution is 5.88. The number of fused-ring (bicyclic) bond motifs is 1. The Labute approximate surface area is 87.7 Å². The van der Waals surface area contributed by atoms with Crippen molar-refractivity contribution in [2.75, 3.05) is 0 Å². The molecule has 78 valence electrons. The summed E-state index contributed by atoms with van der Waals surface area (Å²) in [5, 5.41) is 11.6. The number of hydrogen-bond acceptors (Lipinski definition) is 2. The zero-order chi connectivity index (χ0) is 11.0. The molecule has 0 bridgehead atoms. The van der Waals surface area contributed by atoms with Crippen molar-refractivity contribution in [3.8, 4) is 0 Å². The van der Waals surface area contributed by atoms with Gasteiger partial charge in [0.15, 0.2) is 0 Å². The van der Waals surface area contributed by atoms with Crippen molar-refractivity contribution >= 4 is 16.9 Å². The van der Waals surface area contributed by atoms with Crippen molar-refractivity contribution in [3.05, 3.63) is 35.0 Å². The number of nitrogens with one attached hydrogen (secondary N) is 1. The average Bonchev–Trinajstić information content (AvgIpc) is 2.43. The van der Waals surface area contributed by atoms with Crippen LogP contribution >= 0.6 is 0 Å². The van der Waals surface area contributed by atoms with Gasteiger partial charge in [-0.3, -0.25) is 0 Å². The molecule has 0 aliphatic heterocycles. The van der Waals surface area contributed by atoms with Gasteiger partial charge in [-0.2, -0.15) is 0 Å². The Morgan fingerprint density at radius 2 is 2.13 bits per heavy atom. The molecule has 0 saturated carbocycles. The lowest BCUT2D eigenvalue weighted by Gasteiger charge is -2.02. The van der Waals surface area contributed by atoms with Crippen LogP contribution in [0.4, 0.5) is 0 Å². The number of aromatic amines is 1. The minimum atomic E-state index is -1.04. The number of H-pyrrole nitrogens is 1. The van der Waals surface area contributed by atoms with Crippen molar-refractivity contribution in [1.29, 1.82) is 0 Å². The van der Waals surface area contributed by atoms with E-state index in [1.807, 2.05) is 32.0 Å². The first-order valence-corrected chi connectivity index (χ1v) is 4.85. The quantitative estimate of drug-likeness (QED) is 0.792. The first-order valence-electron chi connectivity index (χ1n) is 4.85. The normalized spacial score (nSPS) is 10.8. The van der Waals surface area contributed by atoms with Crippen molar-refractivity contribution in [1.82, 2.24) is 4.98 Å². The van der Waals surface area contributed by atoms with Crippen LogP contribution in [0.5, 0.6) is 0 Å². The molecule has 0 amide bonds. The number of benzene rings is 1. The van der Waals surface area contributed by atoms with Crippen LogP contribution in [0.2, 0.25) is 0 Å². The second-order valence-electron chi connectivity index (χ2n) is 3.83.